The van der Waals surface area contributed by atoms with Gasteiger partial charge in [0.1, 0.15) is 0 Å². The molecule has 3 aromatic carbocycles. The summed E-state index contributed by atoms with van der Waals surface area (Å²) in [5.74, 6) is -0.886. The second-order valence-electron chi connectivity index (χ2n) is 7.51. The third-order valence-electron chi connectivity index (χ3n) is 5.24. The lowest BCUT2D eigenvalue weighted by Gasteiger charge is -2.14. The highest BCUT2D eigenvalue weighted by molar-refractivity contribution is 7.22. The number of hydrogen-bond donors (Lipinski definition) is 2. The van der Waals surface area contributed by atoms with Gasteiger partial charge in [-0.1, -0.05) is 60.1 Å². The summed E-state index contributed by atoms with van der Waals surface area (Å²) in [6.45, 7) is 0.712. The van der Waals surface area contributed by atoms with Crippen LogP contribution < -0.4 is 5.32 Å². The average Bonchev–Trinajstić information content (AvgIpc) is 3.23. The number of carbonyl (C=O) groups is 1. The van der Waals surface area contributed by atoms with Crippen LogP contribution in [-0.4, -0.2) is 17.6 Å². The van der Waals surface area contributed by atoms with Gasteiger partial charge in [0.2, 0.25) is 0 Å². The van der Waals surface area contributed by atoms with Crippen LogP contribution in [0.15, 0.2) is 66.7 Å². The van der Waals surface area contributed by atoms with E-state index in [0.29, 0.717) is 34.1 Å². The molecule has 33 heavy (non-hydrogen) atoms. The zero-order chi connectivity index (χ0) is 23.6. The molecule has 0 fully saturated rings. The van der Waals surface area contributed by atoms with Crippen LogP contribution >= 0.6 is 22.9 Å². The second-order valence-corrected chi connectivity index (χ2v) is 8.97. The topological polar surface area (TPSA) is 49.3 Å². The standard InChI is InChI=1S/C25H19ClF3NO2S/c26-24-17(14-30-11-10-23(31)32)7-9-21-19(24)13-22(33-21)16-6-8-18(15-4-2-1-3-5-15)20(12-16)25(27,28)29/h1-9,12-13,30H,10-11,14H2,(H,31,32). The lowest BCUT2D eigenvalue weighted by atomic mass is 9.96. The highest BCUT2D eigenvalue weighted by Gasteiger charge is 2.34. The number of thiophene rings is 1. The van der Waals surface area contributed by atoms with Crippen molar-refractivity contribution in [3.63, 3.8) is 0 Å². The molecule has 170 valence electrons. The van der Waals surface area contributed by atoms with Crippen molar-refractivity contribution in [2.45, 2.75) is 19.1 Å². The number of alkyl halides is 3. The number of nitrogens with one attached hydrogen (secondary N) is 1. The first-order chi connectivity index (χ1) is 15.7. The molecule has 4 rings (SSSR count). The van der Waals surface area contributed by atoms with E-state index in [1.54, 1.807) is 42.5 Å². The Morgan fingerprint density at radius 3 is 2.45 bits per heavy atom. The van der Waals surface area contributed by atoms with E-state index < -0.39 is 17.7 Å². The first-order valence-corrected chi connectivity index (χ1v) is 11.3. The van der Waals surface area contributed by atoms with E-state index in [-0.39, 0.29) is 12.0 Å². The molecule has 1 aromatic heterocycles. The molecule has 0 aliphatic heterocycles. The first kappa shape index (κ1) is 23.3. The summed E-state index contributed by atoms with van der Waals surface area (Å²) in [7, 11) is 0. The molecule has 8 heteroatoms. The van der Waals surface area contributed by atoms with Crippen molar-refractivity contribution in [3.8, 4) is 21.6 Å². The van der Waals surface area contributed by atoms with Crippen LogP contribution in [0, 0.1) is 0 Å². The fourth-order valence-electron chi connectivity index (χ4n) is 3.62. The van der Waals surface area contributed by atoms with Gasteiger partial charge in [-0.05, 0) is 40.5 Å². The van der Waals surface area contributed by atoms with Crippen molar-refractivity contribution in [3.05, 3.63) is 82.9 Å². The number of aliphatic carboxylic acids is 1. The van der Waals surface area contributed by atoms with E-state index >= 15 is 0 Å². The maximum atomic E-state index is 13.9. The van der Waals surface area contributed by atoms with Crippen LogP contribution in [-0.2, 0) is 17.5 Å². The van der Waals surface area contributed by atoms with Crippen molar-refractivity contribution in [2.24, 2.45) is 0 Å². The summed E-state index contributed by atoms with van der Waals surface area (Å²) in [5, 5.41) is 13.0. The van der Waals surface area contributed by atoms with Gasteiger partial charge in [0, 0.05) is 28.1 Å². The van der Waals surface area contributed by atoms with Gasteiger partial charge < -0.3 is 10.4 Å². The Bertz CT molecular complexity index is 1300. The maximum Gasteiger partial charge on any atom is 0.417 e. The fourth-order valence-corrected chi connectivity index (χ4v) is 5.03. The lowest BCUT2D eigenvalue weighted by Crippen LogP contribution is -2.17. The van der Waals surface area contributed by atoms with Crippen LogP contribution in [0.1, 0.15) is 17.5 Å². The molecule has 0 radical (unpaired) electrons. The minimum absolute atomic E-state index is 0.00295. The minimum atomic E-state index is -4.50. The Balaban J connectivity index is 1.69. The van der Waals surface area contributed by atoms with Crippen LogP contribution in [0.25, 0.3) is 31.7 Å². The number of hydrogen-bond acceptors (Lipinski definition) is 3. The highest BCUT2D eigenvalue weighted by Crippen LogP contribution is 2.43. The Morgan fingerprint density at radius 1 is 1.00 bits per heavy atom. The molecule has 0 saturated carbocycles. The van der Waals surface area contributed by atoms with Gasteiger partial charge in [0.15, 0.2) is 0 Å². The number of rotatable bonds is 7. The molecule has 2 N–H and O–H groups in total. The SMILES string of the molecule is O=C(O)CCNCc1ccc2sc(-c3ccc(-c4ccccc4)c(C(F)(F)F)c3)cc2c1Cl. The van der Waals surface area contributed by atoms with Crippen molar-refractivity contribution in [2.75, 3.05) is 6.54 Å². The zero-order valence-electron chi connectivity index (χ0n) is 17.2. The number of benzene rings is 3. The van der Waals surface area contributed by atoms with Crippen LogP contribution in [0.3, 0.4) is 0 Å². The summed E-state index contributed by atoms with van der Waals surface area (Å²) >= 11 is 7.94. The molecule has 0 aliphatic rings. The monoisotopic (exact) mass is 489 g/mol. The van der Waals surface area contributed by atoms with Crippen molar-refractivity contribution in [1.82, 2.24) is 5.32 Å². The average molecular weight is 490 g/mol. The normalized spacial score (nSPS) is 11.8. The van der Waals surface area contributed by atoms with E-state index in [1.165, 1.54) is 23.5 Å². The second kappa shape index (κ2) is 9.55. The third kappa shape index (κ3) is 5.21. The lowest BCUT2D eigenvalue weighted by molar-refractivity contribution is -0.137. The minimum Gasteiger partial charge on any atom is -0.481 e. The first-order valence-electron chi connectivity index (χ1n) is 10.1. The molecule has 3 nitrogen and oxygen atoms in total. The van der Waals surface area contributed by atoms with Gasteiger partial charge in [-0.2, -0.15) is 13.2 Å². The van der Waals surface area contributed by atoms with Gasteiger partial charge in [0.25, 0.3) is 0 Å². The Morgan fingerprint density at radius 2 is 1.76 bits per heavy atom. The van der Waals surface area contributed by atoms with Crippen molar-refractivity contribution < 1.29 is 23.1 Å². The van der Waals surface area contributed by atoms with E-state index in [9.17, 15) is 18.0 Å². The molecule has 0 saturated heterocycles. The molecule has 4 aromatic rings. The van der Waals surface area contributed by atoms with E-state index in [0.717, 1.165) is 15.6 Å². The molecule has 0 aliphatic carbocycles. The smallest absolute Gasteiger partial charge is 0.417 e. The number of fused-ring (bicyclic) bond motifs is 1. The Hall–Kier alpha value is -2.87. The van der Waals surface area contributed by atoms with Gasteiger partial charge in [-0.25, -0.2) is 0 Å². The predicted molar refractivity (Wildman–Crippen MR) is 127 cm³/mol. The third-order valence-corrected chi connectivity index (χ3v) is 6.84. The summed E-state index contributed by atoms with van der Waals surface area (Å²) in [6.07, 6.45) is -4.49. The van der Waals surface area contributed by atoms with Crippen molar-refractivity contribution in [1.29, 1.82) is 0 Å². The molecule has 0 bridgehead atoms. The summed E-state index contributed by atoms with van der Waals surface area (Å²) in [6, 6.07) is 18.5. The quantitative estimate of drug-likeness (QED) is 0.265. The van der Waals surface area contributed by atoms with Gasteiger partial charge in [-0.3, -0.25) is 4.79 Å². The van der Waals surface area contributed by atoms with E-state index in [2.05, 4.69) is 5.32 Å². The molecular formula is C25H19ClF3NO2S. The molecule has 0 unspecified atom stereocenters. The molecule has 0 spiro atoms. The zero-order valence-corrected chi connectivity index (χ0v) is 18.8. The summed E-state index contributed by atoms with van der Waals surface area (Å²) < 4.78 is 42.5. The van der Waals surface area contributed by atoms with Crippen LogP contribution in [0.2, 0.25) is 5.02 Å². The van der Waals surface area contributed by atoms with Crippen LogP contribution in [0.5, 0.6) is 0 Å². The van der Waals surface area contributed by atoms with Crippen molar-refractivity contribution >= 4 is 39.0 Å². The van der Waals surface area contributed by atoms with Gasteiger partial charge in [-0.15, -0.1) is 11.3 Å². The number of carboxylic acids is 1. The van der Waals surface area contributed by atoms with E-state index in [4.69, 9.17) is 16.7 Å². The molecular weight excluding hydrogens is 471 g/mol. The number of carboxylic acid groups (broad SMARTS) is 1. The maximum absolute atomic E-state index is 13.9. The molecule has 0 atom stereocenters. The summed E-state index contributed by atoms with van der Waals surface area (Å²) in [4.78, 5) is 11.3. The Labute approximate surface area is 197 Å². The predicted octanol–water partition coefficient (Wildman–Crippen LogP) is 7.47. The van der Waals surface area contributed by atoms with Gasteiger partial charge in [0.05, 0.1) is 17.0 Å². The largest absolute Gasteiger partial charge is 0.481 e. The molecule has 0 amide bonds. The van der Waals surface area contributed by atoms with Gasteiger partial charge >= 0.3 is 12.1 Å². The van der Waals surface area contributed by atoms with E-state index in [1.807, 2.05) is 12.1 Å². The Kier molecular flexibility index (Phi) is 6.74. The fraction of sp³-hybridized carbons (Fsp3) is 0.160. The number of halogens is 4. The molecule has 1 heterocycles. The van der Waals surface area contributed by atoms with Crippen LogP contribution in [0.4, 0.5) is 13.2 Å². The highest BCUT2D eigenvalue weighted by atomic mass is 35.5. The summed E-state index contributed by atoms with van der Waals surface area (Å²) in [5.41, 5.74) is 1.24.